The van der Waals surface area contributed by atoms with Gasteiger partial charge in [0.25, 0.3) is 0 Å². The van der Waals surface area contributed by atoms with Gasteiger partial charge in [-0.25, -0.2) is 14.4 Å². The van der Waals surface area contributed by atoms with E-state index in [9.17, 15) is 4.39 Å². The Morgan fingerprint density at radius 3 is 2.47 bits per heavy atom. The average Bonchev–Trinajstić information content (AvgIpc) is 2.37. The SMILES string of the molecule is CNc1nc(C)nc(Nc2c(F)cccc2Cl)c1C. The van der Waals surface area contributed by atoms with Gasteiger partial charge in [-0.05, 0) is 26.0 Å². The zero-order valence-corrected chi connectivity index (χ0v) is 11.6. The second-order valence-corrected chi connectivity index (χ2v) is 4.47. The number of rotatable bonds is 3. The minimum atomic E-state index is -0.422. The molecule has 0 unspecified atom stereocenters. The highest BCUT2D eigenvalue weighted by molar-refractivity contribution is 6.33. The minimum absolute atomic E-state index is 0.215. The maximum absolute atomic E-state index is 13.7. The Bertz CT molecular complexity index is 596. The Labute approximate surface area is 116 Å². The number of halogens is 2. The third kappa shape index (κ3) is 2.76. The molecule has 19 heavy (non-hydrogen) atoms. The zero-order valence-electron chi connectivity index (χ0n) is 10.9. The van der Waals surface area contributed by atoms with Crippen LogP contribution >= 0.6 is 11.6 Å². The summed E-state index contributed by atoms with van der Waals surface area (Å²) >= 11 is 5.98. The van der Waals surface area contributed by atoms with Crippen LogP contribution in [0.4, 0.5) is 21.7 Å². The molecular weight excluding hydrogens is 267 g/mol. The number of para-hydroxylation sites is 1. The molecule has 0 atom stereocenters. The third-order valence-corrected chi connectivity index (χ3v) is 3.02. The second-order valence-electron chi connectivity index (χ2n) is 4.06. The van der Waals surface area contributed by atoms with Crippen LogP contribution in [0.15, 0.2) is 18.2 Å². The molecule has 0 amide bonds. The summed E-state index contributed by atoms with van der Waals surface area (Å²) in [6.45, 7) is 3.62. The van der Waals surface area contributed by atoms with Crippen molar-refractivity contribution in [2.75, 3.05) is 17.7 Å². The van der Waals surface area contributed by atoms with E-state index in [-0.39, 0.29) is 5.69 Å². The van der Waals surface area contributed by atoms with Crippen molar-refractivity contribution in [3.8, 4) is 0 Å². The fraction of sp³-hybridized carbons (Fsp3) is 0.231. The van der Waals surface area contributed by atoms with Gasteiger partial charge in [-0.3, -0.25) is 0 Å². The Balaban J connectivity index is 2.47. The van der Waals surface area contributed by atoms with Gasteiger partial charge in [-0.1, -0.05) is 17.7 Å². The molecule has 0 radical (unpaired) electrons. The summed E-state index contributed by atoms with van der Waals surface area (Å²) in [5, 5.41) is 6.21. The number of aryl methyl sites for hydroxylation is 1. The highest BCUT2D eigenvalue weighted by Crippen LogP contribution is 2.30. The number of nitrogens with zero attached hydrogens (tertiary/aromatic N) is 2. The van der Waals surface area contributed by atoms with Gasteiger partial charge >= 0.3 is 0 Å². The van der Waals surface area contributed by atoms with Crippen LogP contribution in [0, 0.1) is 19.7 Å². The molecule has 0 spiro atoms. The maximum atomic E-state index is 13.7. The summed E-state index contributed by atoms with van der Waals surface area (Å²) < 4.78 is 13.7. The lowest BCUT2D eigenvalue weighted by Crippen LogP contribution is -2.06. The molecule has 0 bridgehead atoms. The number of benzene rings is 1. The molecule has 0 saturated carbocycles. The van der Waals surface area contributed by atoms with Gasteiger partial charge in [0.2, 0.25) is 0 Å². The van der Waals surface area contributed by atoms with Crippen molar-refractivity contribution in [2.45, 2.75) is 13.8 Å². The second kappa shape index (κ2) is 5.40. The molecule has 4 nitrogen and oxygen atoms in total. The number of hydrogen-bond donors (Lipinski definition) is 2. The molecule has 2 aromatic rings. The Hall–Kier alpha value is -1.88. The Morgan fingerprint density at radius 1 is 1.16 bits per heavy atom. The molecule has 0 aliphatic heterocycles. The lowest BCUT2D eigenvalue weighted by Gasteiger charge is -2.14. The fourth-order valence-corrected chi connectivity index (χ4v) is 1.94. The number of aromatic nitrogens is 2. The molecule has 0 aliphatic carbocycles. The van der Waals surface area contributed by atoms with E-state index in [1.807, 2.05) is 6.92 Å². The summed E-state index contributed by atoms with van der Waals surface area (Å²) in [5.41, 5.74) is 1.01. The molecule has 2 rings (SSSR count). The van der Waals surface area contributed by atoms with Crippen LogP contribution in [0.5, 0.6) is 0 Å². The molecule has 100 valence electrons. The highest BCUT2D eigenvalue weighted by Gasteiger charge is 2.12. The van der Waals surface area contributed by atoms with Gasteiger partial charge in [0.05, 0.1) is 10.7 Å². The van der Waals surface area contributed by atoms with E-state index in [4.69, 9.17) is 11.6 Å². The largest absolute Gasteiger partial charge is 0.373 e. The predicted octanol–water partition coefficient (Wildman–Crippen LogP) is 3.67. The first-order valence-corrected chi connectivity index (χ1v) is 6.14. The molecule has 0 aliphatic rings. The summed E-state index contributed by atoms with van der Waals surface area (Å²) in [6, 6.07) is 4.52. The summed E-state index contributed by atoms with van der Waals surface area (Å²) in [7, 11) is 1.77. The van der Waals surface area contributed by atoms with E-state index in [1.165, 1.54) is 6.07 Å². The van der Waals surface area contributed by atoms with E-state index in [1.54, 1.807) is 26.1 Å². The van der Waals surface area contributed by atoms with Crippen LogP contribution < -0.4 is 10.6 Å². The van der Waals surface area contributed by atoms with Crippen LogP contribution in [-0.4, -0.2) is 17.0 Å². The lowest BCUT2D eigenvalue weighted by molar-refractivity contribution is 0.632. The van der Waals surface area contributed by atoms with Crippen LogP contribution in [0.3, 0.4) is 0 Å². The van der Waals surface area contributed by atoms with E-state index in [2.05, 4.69) is 20.6 Å². The van der Waals surface area contributed by atoms with Crippen molar-refractivity contribution >= 4 is 28.9 Å². The molecule has 2 N–H and O–H groups in total. The minimum Gasteiger partial charge on any atom is -0.373 e. The highest BCUT2D eigenvalue weighted by atomic mass is 35.5. The van der Waals surface area contributed by atoms with Crippen molar-refractivity contribution < 1.29 is 4.39 Å². The van der Waals surface area contributed by atoms with E-state index in [0.717, 1.165) is 5.56 Å². The summed E-state index contributed by atoms with van der Waals surface area (Å²) in [5.74, 6) is 1.39. The van der Waals surface area contributed by atoms with Gasteiger partial charge in [-0.15, -0.1) is 0 Å². The van der Waals surface area contributed by atoms with Crippen molar-refractivity contribution in [3.63, 3.8) is 0 Å². The van der Waals surface area contributed by atoms with Crippen LogP contribution in [-0.2, 0) is 0 Å². The quantitative estimate of drug-likeness (QED) is 0.901. The van der Waals surface area contributed by atoms with Gasteiger partial charge in [0.15, 0.2) is 0 Å². The third-order valence-electron chi connectivity index (χ3n) is 2.70. The molecular formula is C13H14ClFN4. The first-order chi connectivity index (χ1) is 9.02. The van der Waals surface area contributed by atoms with E-state index < -0.39 is 5.82 Å². The van der Waals surface area contributed by atoms with Crippen LogP contribution in [0.25, 0.3) is 0 Å². The number of hydrogen-bond acceptors (Lipinski definition) is 4. The zero-order chi connectivity index (χ0) is 14.0. The molecule has 0 fully saturated rings. The first kappa shape index (κ1) is 13.5. The average molecular weight is 281 g/mol. The molecule has 1 heterocycles. The lowest BCUT2D eigenvalue weighted by atomic mass is 10.2. The van der Waals surface area contributed by atoms with Crippen LogP contribution in [0.1, 0.15) is 11.4 Å². The monoisotopic (exact) mass is 280 g/mol. The molecule has 1 aromatic heterocycles. The number of nitrogens with one attached hydrogen (secondary N) is 2. The van der Waals surface area contributed by atoms with Crippen molar-refractivity contribution in [1.82, 2.24) is 9.97 Å². The van der Waals surface area contributed by atoms with Gasteiger partial charge in [0.1, 0.15) is 23.3 Å². The van der Waals surface area contributed by atoms with Gasteiger partial charge in [0, 0.05) is 12.6 Å². The summed E-state index contributed by atoms with van der Waals surface area (Å²) in [4.78, 5) is 8.52. The number of anilines is 3. The Kier molecular flexibility index (Phi) is 3.85. The van der Waals surface area contributed by atoms with Gasteiger partial charge in [-0.2, -0.15) is 0 Å². The standard InChI is InChI=1S/C13H14ClFN4/c1-7-12(16-3)17-8(2)18-13(7)19-11-9(14)5-4-6-10(11)15/h4-6H,1-3H3,(H2,16,17,18,19). The topological polar surface area (TPSA) is 49.8 Å². The predicted molar refractivity (Wildman–Crippen MR) is 75.7 cm³/mol. The van der Waals surface area contributed by atoms with E-state index in [0.29, 0.717) is 22.5 Å². The fourth-order valence-electron chi connectivity index (χ4n) is 1.73. The van der Waals surface area contributed by atoms with E-state index >= 15 is 0 Å². The first-order valence-electron chi connectivity index (χ1n) is 5.77. The van der Waals surface area contributed by atoms with Crippen molar-refractivity contribution in [3.05, 3.63) is 40.4 Å². The van der Waals surface area contributed by atoms with Gasteiger partial charge < -0.3 is 10.6 Å². The normalized spacial score (nSPS) is 10.4. The smallest absolute Gasteiger partial charge is 0.148 e. The summed E-state index contributed by atoms with van der Waals surface area (Å²) in [6.07, 6.45) is 0. The molecule has 6 heteroatoms. The van der Waals surface area contributed by atoms with Crippen LogP contribution in [0.2, 0.25) is 5.02 Å². The van der Waals surface area contributed by atoms with Crippen molar-refractivity contribution in [2.24, 2.45) is 0 Å². The molecule has 0 saturated heterocycles. The molecule has 1 aromatic carbocycles. The Morgan fingerprint density at radius 2 is 1.84 bits per heavy atom. The maximum Gasteiger partial charge on any atom is 0.148 e. The van der Waals surface area contributed by atoms with Crippen molar-refractivity contribution in [1.29, 1.82) is 0 Å².